The first-order chi connectivity index (χ1) is 22.2. The minimum Gasteiger partial charge on any atom is -0.494 e. The molecule has 0 saturated heterocycles. The topological polar surface area (TPSA) is 65.7 Å². The molecule has 1 aromatic heterocycles. The average molecular weight is 740 g/mol. The number of hydrogen-bond acceptors (Lipinski definition) is 5. The molecule has 0 aliphatic rings. The smallest absolute Gasteiger partial charge is 0.282 e. The van der Waals surface area contributed by atoms with Crippen molar-refractivity contribution in [2.24, 2.45) is 5.10 Å². The predicted molar refractivity (Wildman–Crippen MR) is 195 cm³/mol. The third kappa shape index (κ3) is 6.37. The Balaban J connectivity index is 1.38. The SMILES string of the molecule is CCOc1cc(C)c(-c2nc3ccccc3c(=O)n2N=Cc2cc(Br)c(OCc3cccc4ccccc34)c(Br)c2)cc1C(C)C. The highest BCUT2D eigenvalue weighted by Gasteiger charge is 2.19. The van der Waals surface area contributed by atoms with Crippen molar-refractivity contribution in [3.05, 3.63) is 133 Å². The number of benzene rings is 5. The second-order valence-corrected chi connectivity index (χ2v) is 13.1. The molecule has 1 heterocycles. The summed E-state index contributed by atoms with van der Waals surface area (Å²) in [5, 5.41) is 7.55. The van der Waals surface area contributed by atoms with Crippen molar-refractivity contribution >= 4 is 59.7 Å². The van der Waals surface area contributed by atoms with Gasteiger partial charge >= 0.3 is 0 Å². The van der Waals surface area contributed by atoms with Gasteiger partial charge in [-0.15, -0.1) is 0 Å². The summed E-state index contributed by atoms with van der Waals surface area (Å²) < 4.78 is 15.1. The summed E-state index contributed by atoms with van der Waals surface area (Å²) in [5.74, 6) is 2.20. The molecule has 0 spiro atoms. The van der Waals surface area contributed by atoms with Gasteiger partial charge in [0, 0.05) is 5.56 Å². The minimum absolute atomic E-state index is 0.209. The van der Waals surface area contributed by atoms with E-state index in [0.29, 0.717) is 35.7 Å². The van der Waals surface area contributed by atoms with Crippen LogP contribution in [0.25, 0.3) is 33.1 Å². The highest BCUT2D eigenvalue weighted by molar-refractivity contribution is 9.11. The molecule has 232 valence electrons. The maximum atomic E-state index is 13.9. The fourth-order valence-corrected chi connectivity index (χ4v) is 7.01. The average Bonchev–Trinajstić information content (AvgIpc) is 3.04. The Kier molecular flexibility index (Phi) is 9.38. The van der Waals surface area contributed by atoms with Gasteiger partial charge in [-0.1, -0.05) is 68.4 Å². The van der Waals surface area contributed by atoms with Gasteiger partial charge in [-0.2, -0.15) is 9.78 Å². The fraction of sp³-hybridized carbons (Fsp3) is 0.184. The molecule has 0 fully saturated rings. The lowest BCUT2D eigenvalue weighted by molar-refractivity contribution is 0.303. The van der Waals surface area contributed by atoms with Gasteiger partial charge in [0.1, 0.15) is 18.1 Å². The number of aromatic nitrogens is 2. The van der Waals surface area contributed by atoms with Crippen molar-refractivity contribution in [2.45, 2.75) is 40.2 Å². The van der Waals surface area contributed by atoms with E-state index in [-0.39, 0.29) is 11.5 Å². The number of aryl methyl sites for hydroxylation is 1. The number of nitrogens with zero attached hydrogens (tertiary/aromatic N) is 3. The van der Waals surface area contributed by atoms with Gasteiger partial charge in [0.2, 0.25) is 0 Å². The van der Waals surface area contributed by atoms with E-state index < -0.39 is 0 Å². The molecule has 6 nitrogen and oxygen atoms in total. The lowest BCUT2D eigenvalue weighted by atomic mass is 9.96. The molecule has 8 heteroatoms. The zero-order valence-electron chi connectivity index (χ0n) is 26.1. The first kappa shape index (κ1) is 31.7. The van der Waals surface area contributed by atoms with Crippen LogP contribution < -0.4 is 15.0 Å². The molecule has 0 amide bonds. The Morgan fingerprint density at radius 2 is 1.59 bits per heavy atom. The lowest BCUT2D eigenvalue weighted by Gasteiger charge is -2.18. The van der Waals surface area contributed by atoms with E-state index in [4.69, 9.17) is 19.6 Å². The Labute approximate surface area is 285 Å². The van der Waals surface area contributed by atoms with Gasteiger partial charge in [-0.05, 0) is 121 Å². The van der Waals surface area contributed by atoms with Crippen LogP contribution in [-0.4, -0.2) is 22.5 Å². The Hall–Kier alpha value is -4.27. The molecule has 0 N–H and O–H groups in total. The largest absolute Gasteiger partial charge is 0.494 e. The summed E-state index contributed by atoms with van der Waals surface area (Å²) >= 11 is 7.37. The summed E-state index contributed by atoms with van der Waals surface area (Å²) in [7, 11) is 0. The van der Waals surface area contributed by atoms with Crippen LogP contribution in [0.4, 0.5) is 0 Å². The molecular formula is C38H33Br2N3O3. The number of halogens is 2. The van der Waals surface area contributed by atoms with E-state index in [1.165, 1.54) is 10.1 Å². The molecule has 5 aromatic carbocycles. The van der Waals surface area contributed by atoms with Crippen LogP contribution in [0, 0.1) is 6.92 Å². The molecule has 0 atom stereocenters. The van der Waals surface area contributed by atoms with Crippen LogP contribution in [-0.2, 0) is 6.61 Å². The first-order valence-electron chi connectivity index (χ1n) is 15.2. The Morgan fingerprint density at radius 3 is 2.33 bits per heavy atom. The van der Waals surface area contributed by atoms with Crippen LogP contribution in [0.1, 0.15) is 48.9 Å². The van der Waals surface area contributed by atoms with Crippen molar-refractivity contribution in [3.63, 3.8) is 0 Å². The summed E-state index contributed by atoms with van der Waals surface area (Å²) in [5.41, 5.74) is 5.06. The second-order valence-electron chi connectivity index (χ2n) is 11.3. The van der Waals surface area contributed by atoms with Crippen LogP contribution in [0.15, 0.2) is 110 Å². The zero-order valence-corrected chi connectivity index (χ0v) is 29.2. The number of rotatable bonds is 9. The Morgan fingerprint density at radius 1 is 0.891 bits per heavy atom. The summed E-state index contributed by atoms with van der Waals surface area (Å²) in [6.45, 7) is 9.21. The van der Waals surface area contributed by atoms with E-state index in [0.717, 1.165) is 47.9 Å². The van der Waals surface area contributed by atoms with Crippen LogP contribution >= 0.6 is 31.9 Å². The van der Waals surface area contributed by atoms with E-state index in [1.807, 2.05) is 68.4 Å². The number of hydrogen-bond donors (Lipinski definition) is 0. The second kappa shape index (κ2) is 13.6. The molecule has 0 bridgehead atoms. The van der Waals surface area contributed by atoms with Crippen molar-refractivity contribution in [1.29, 1.82) is 0 Å². The highest BCUT2D eigenvalue weighted by Crippen LogP contribution is 2.36. The molecule has 0 aliphatic carbocycles. The summed E-state index contributed by atoms with van der Waals surface area (Å²) in [4.78, 5) is 18.8. The Bertz CT molecular complexity index is 2140. The first-order valence-corrected chi connectivity index (χ1v) is 16.8. The molecular weight excluding hydrogens is 706 g/mol. The fourth-order valence-electron chi connectivity index (χ4n) is 5.56. The van der Waals surface area contributed by atoms with Gasteiger partial charge in [-0.25, -0.2) is 4.98 Å². The third-order valence-corrected chi connectivity index (χ3v) is 9.05. The van der Waals surface area contributed by atoms with Gasteiger partial charge in [0.05, 0.1) is 32.7 Å². The van der Waals surface area contributed by atoms with Crippen LogP contribution in [0.3, 0.4) is 0 Å². The molecule has 0 aliphatic heterocycles. The van der Waals surface area contributed by atoms with Crippen molar-refractivity contribution in [2.75, 3.05) is 6.61 Å². The van der Waals surface area contributed by atoms with E-state index >= 15 is 0 Å². The number of fused-ring (bicyclic) bond motifs is 2. The lowest BCUT2D eigenvalue weighted by Crippen LogP contribution is -2.21. The van der Waals surface area contributed by atoms with Crippen molar-refractivity contribution < 1.29 is 9.47 Å². The summed E-state index contributed by atoms with van der Waals surface area (Å²) in [6, 6.07) is 29.8. The van der Waals surface area contributed by atoms with E-state index in [2.05, 4.69) is 76.0 Å². The number of ether oxygens (including phenoxy) is 2. The van der Waals surface area contributed by atoms with Crippen LogP contribution in [0.2, 0.25) is 0 Å². The van der Waals surface area contributed by atoms with Gasteiger partial charge in [0.25, 0.3) is 5.56 Å². The molecule has 46 heavy (non-hydrogen) atoms. The maximum absolute atomic E-state index is 13.9. The maximum Gasteiger partial charge on any atom is 0.282 e. The monoisotopic (exact) mass is 737 g/mol. The summed E-state index contributed by atoms with van der Waals surface area (Å²) in [6.07, 6.45) is 1.67. The molecule has 6 rings (SSSR count). The normalized spacial score (nSPS) is 11.6. The van der Waals surface area contributed by atoms with Crippen LogP contribution in [0.5, 0.6) is 11.5 Å². The third-order valence-electron chi connectivity index (χ3n) is 7.87. The molecule has 0 unspecified atom stereocenters. The van der Waals surface area contributed by atoms with Gasteiger partial charge in [-0.3, -0.25) is 4.79 Å². The van der Waals surface area contributed by atoms with E-state index in [9.17, 15) is 4.79 Å². The highest BCUT2D eigenvalue weighted by atomic mass is 79.9. The molecule has 0 saturated carbocycles. The zero-order chi connectivity index (χ0) is 32.4. The molecule has 6 aromatic rings. The van der Waals surface area contributed by atoms with E-state index in [1.54, 1.807) is 12.3 Å². The predicted octanol–water partition coefficient (Wildman–Crippen LogP) is 10.0. The number of para-hydroxylation sites is 1. The standard InChI is InChI=1S/C38H33Br2N3O3/c1-5-45-35-17-24(4)31(20-30(35)23(2)3)37-42-34-16-9-8-15-29(34)38(44)43(37)41-21-25-18-32(39)36(33(40)19-25)46-22-27-13-10-12-26-11-6-7-14-28(26)27/h6-21,23H,5,22H2,1-4H3. The quantitative estimate of drug-likeness (QED) is 0.139. The van der Waals surface area contributed by atoms with Crippen molar-refractivity contribution in [1.82, 2.24) is 9.66 Å². The van der Waals surface area contributed by atoms with Crippen molar-refractivity contribution in [3.8, 4) is 22.9 Å². The molecule has 0 radical (unpaired) electrons. The minimum atomic E-state index is -0.246. The van der Waals surface area contributed by atoms with Gasteiger partial charge < -0.3 is 9.47 Å². The van der Waals surface area contributed by atoms with Gasteiger partial charge in [0.15, 0.2) is 5.82 Å².